The smallest absolute Gasteiger partial charge is 0.290 e. The van der Waals surface area contributed by atoms with Gasteiger partial charge >= 0.3 is 0 Å². The molecular weight excluding hydrogens is 448 g/mol. The number of thiazole rings is 1. The van der Waals surface area contributed by atoms with E-state index in [1.54, 1.807) is 41.8 Å². The van der Waals surface area contributed by atoms with Gasteiger partial charge in [0.25, 0.3) is 11.8 Å². The van der Waals surface area contributed by atoms with Crippen molar-refractivity contribution in [1.82, 2.24) is 15.2 Å². The van der Waals surface area contributed by atoms with E-state index in [0.717, 1.165) is 11.1 Å². The molecule has 0 radical (unpaired) electrons. The molecule has 2 amide bonds. The summed E-state index contributed by atoms with van der Waals surface area (Å²) < 4.78 is 31.5. The average Bonchev–Trinajstić information content (AvgIpc) is 3.52. The Bertz CT molecular complexity index is 1220. The Morgan fingerprint density at radius 1 is 0.939 bits per heavy atom. The number of halogens is 2. The lowest BCUT2D eigenvalue weighted by Crippen LogP contribution is -2.30. The fourth-order valence-electron chi connectivity index (χ4n) is 3.09. The molecule has 1 N–H and O–H groups in total. The Balaban J connectivity index is 1.44. The normalized spacial score (nSPS) is 10.7. The third-order valence-corrected chi connectivity index (χ3v) is 5.62. The minimum Gasteiger partial charge on any atom is -0.459 e. The second kappa shape index (κ2) is 10.2. The van der Waals surface area contributed by atoms with Crippen LogP contribution in [0.3, 0.4) is 0 Å². The van der Waals surface area contributed by atoms with Crippen molar-refractivity contribution in [2.75, 3.05) is 0 Å². The number of carbonyl (C=O) groups is 2. The number of hydrogen-bond donors (Lipinski definition) is 1. The number of benzene rings is 2. The lowest BCUT2D eigenvalue weighted by atomic mass is 10.2. The van der Waals surface area contributed by atoms with Gasteiger partial charge in [-0.25, -0.2) is 13.8 Å². The van der Waals surface area contributed by atoms with Gasteiger partial charge in [-0.1, -0.05) is 24.3 Å². The minimum atomic E-state index is -0.371. The van der Waals surface area contributed by atoms with Gasteiger partial charge in [-0.2, -0.15) is 0 Å². The van der Waals surface area contributed by atoms with E-state index < -0.39 is 0 Å². The number of amides is 2. The van der Waals surface area contributed by atoms with Crippen LogP contribution < -0.4 is 5.32 Å². The van der Waals surface area contributed by atoms with Crippen LogP contribution in [0.5, 0.6) is 0 Å². The number of rotatable bonds is 8. The van der Waals surface area contributed by atoms with Gasteiger partial charge in [0.1, 0.15) is 22.3 Å². The van der Waals surface area contributed by atoms with E-state index in [1.165, 1.54) is 46.8 Å². The number of carbonyl (C=O) groups excluding carboxylic acids is 2. The van der Waals surface area contributed by atoms with Crippen molar-refractivity contribution in [3.05, 3.63) is 112 Å². The van der Waals surface area contributed by atoms with Crippen molar-refractivity contribution >= 4 is 23.2 Å². The fraction of sp³-hybridized carbons (Fsp3) is 0.125. The first-order valence-electron chi connectivity index (χ1n) is 10.0. The topological polar surface area (TPSA) is 75.4 Å². The molecule has 2 heterocycles. The SMILES string of the molecule is O=C(NCc1ccc(F)cc1)c1csc(CN(Cc2ccc(F)cc2)C(=O)c2ccco2)n1. The first kappa shape index (κ1) is 22.3. The molecule has 0 saturated heterocycles. The Labute approximate surface area is 192 Å². The average molecular weight is 467 g/mol. The second-order valence-corrected chi connectivity index (χ2v) is 8.14. The molecule has 2 aromatic carbocycles. The zero-order chi connectivity index (χ0) is 23.2. The van der Waals surface area contributed by atoms with Crippen molar-refractivity contribution in [3.8, 4) is 0 Å². The highest BCUT2D eigenvalue weighted by atomic mass is 32.1. The van der Waals surface area contributed by atoms with Gasteiger partial charge < -0.3 is 14.6 Å². The molecule has 2 aromatic heterocycles. The van der Waals surface area contributed by atoms with E-state index in [-0.39, 0.29) is 54.5 Å². The lowest BCUT2D eigenvalue weighted by molar-refractivity contribution is 0.0697. The lowest BCUT2D eigenvalue weighted by Gasteiger charge is -2.20. The molecule has 0 fully saturated rings. The molecule has 0 aliphatic carbocycles. The van der Waals surface area contributed by atoms with Gasteiger partial charge in [0.15, 0.2) is 5.76 Å². The summed E-state index contributed by atoms with van der Waals surface area (Å²) in [6, 6.07) is 14.9. The van der Waals surface area contributed by atoms with Crippen LogP contribution in [0.2, 0.25) is 0 Å². The number of nitrogens with zero attached hydrogens (tertiary/aromatic N) is 2. The molecule has 33 heavy (non-hydrogen) atoms. The zero-order valence-corrected chi connectivity index (χ0v) is 18.1. The first-order chi connectivity index (χ1) is 16.0. The van der Waals surface area contributed by atoms with Crippen molar-refractivity contribution in [2.24, 2.45) is 0 Å². The highest BCUT2D eigenvalue weighted by Crippen LogP contribution is 2.18. The van der Waals surface area contributed by atoms with Gasteiger partial charge in [0.2, 0.25) is 0 Å². The van der Waals surface area contributed by atoms with Gasteiger partial charge in [-0.05, 0) is 47.5 Å². The Hall–Kier alpha value is -3.85. The summed E-state index contributed by atoms with van der Waals surface area (Å²) in [6.45, 7) is 0.595. The molecule has 168 valence electrons. The monoisotopic (exact) mass is 467 g/mol. The van der Waals surface area contributed by atoms with E-state index in [4.69, 9.17) is 4.42 Å². The van der Waals surface area contributed by atoms with Gasteiger partial charge in [-0.15, -0.1) is 11.3 Å². The molecule has 6 nitrogen and oxygen atoms in total. The standard InChI is InChI=1S/C24H19F2N3O3S/c25-18-7-3-16(4-8-18)12-27-23(30)20-15-33-22(28-20)14-29(24(31)21-2-1-11-32-21)13-17-5-9-19(26)10-6-17/h1-11,15H,12-14H2,(H,27,30). The zero-order valence-electron chi connectivity index (χ0n) is 17.3. The van der Waals surface area contributed by atoms with Crippen LogP contribution in [-0.2, 0) is 19.6 Å². The summed E-state index contributed by atoms with van der Waals surface area (Å²) in [5.41, 5.74) is 1.73. The van der Waals surface area contributed by atoms with Crippen molar-refractivity contribution in [3.63, 3.8) is 0 Å². The number of furan rings is 1. The molecule has 9 heteroatoms. The van der Waals surface area contributed by atoms with Crippen LogP contribution in [0.4, 0.5) is 8.78 Å². The van der Waals surface area contributed by atoms with Gasteiger partial charge in [0, 0.05) is 18.5 Å². The molecule has 0 saturated carbocycles. The van der Waals surface area contributed by atoms with Crippen LogP contribution >= 0.6 is 11.3 Å². The molecular formula is C24H19F2N3O3S. The van der Waals surface area contributed by atoms with E-state index in [9.17, 15) is 18.4 Å². The second-order valence-electron chi connectivity index (χ2n) is 7.20. The van der Waals surface area contributed by atoms with Gasteiger partial charge in [0.05, 0.1) is 12.8 Å². The predicted octanol–water partition coefficient (Wildman–Crippen LogP) is 4.79. The highest BCUT2D eigenvalue weighted by molar-refractivity contribution is 7.09. The summed E-state index contributed by atoms with van der Waals surface area (Å²) in [5.74, 6) is -1.25. The Morgan fingerprint density at radius 2 is 1.61 bits per heavy atom. The van der Waals surface area contributed by atoms with E-state index in [0.29, 0.717) is 5.01 Å². The molecule has 0 aliphatic rings. The van der Waals surface area contributed by atoms with Crippen molar-refractivity contribution in [1.29, 1.82) is 0 Å². The maximum absolute atomic E-state index is 13.3. The van der Waals surface area contributed by atoms with Gasteiger partial charge in [-0.3, -0.25) is 9.59 Å². The highest BCUT2D eigenvalue weighted by Gasteiger charge is 2.21. The maximum atomic E-state index is 13.3. The van der Waals surface area contributed by atoms with Crippen molar-refractivity contribution in [2.45, 2.75) is 19.6 Å². The van der Waals surface area contributed by atoms with Crippen LogP contribution in [0.15, 0.2) is 76.7 Å². The molecule has 0 spiro atoms. The van der Waals surface area contributed by atoms with Crippen LogP contribution in [0.1, 0.15) is 37.2 Å². The number of nitrogens with one attached hydrogen (secondary N) is 1. The quantitative estimate of drug-likeness (QED) is 0.404. The summed E-state index contributed by atoms with van der Waals surface area (Å²) >= 11 is 1.25. The van der Waals surface area contributed by atoms with Crippen molar-refractivity contribution < 1.29 is 22.8 Å². The van der Waals surface area contributed by atoms with Crippen LogP contribution in [-0.4, -0.2) is 21.7 Å². The van der Waals surface area contributed by atoms with E-state index in [1.807, 2.05) is 0 Å². The summed E-state index contributed by atoms with van der Waals surface area (Å²) in [6.07, 6.45) is 1.41. The van der Waals surface area contributed by atoms with E-state index in [2.05, 4.69) is 10.3 Å². The fourth-order valence-corrected chi connectivity index (χ4v) is 3.88. The summed E-state index contributed by atoms with van der Waals surface area (Å²) in [4.78, 5) is 31.3. The maximum Gasteiger partial charge on any atom is 0.290 e. The van der Waals surface area contributed by atoms with Crippen LogP contribution in [0.25, 0.3) is 0 Å². The predicted molar refractivity (Wildman–Crippen MR) is 118 cm³/mol. The Kier molecular flexibility index (Phi) is 6.89. The summed E-state index contributed by atoms with van der Waals surface area (Å²) in [7, 11) is 0. The first-order valence-corrected chi connectivity index (χ1v) is 10.9. The molecule has 4 aromatic rings. The summed E-state index contributed by atoms with van der Waals surface area (Å²) in [5, 5.41) is 4.92. The molecule has 0 unspecified atom stereocenters. The molecule has 0 aliphatic heterocycles. The number of aromatic nitrogens is 1. The molecule has 0 atom stereocenters. The Morgan fingerprint density at radius 3 is 2.24 bits per heavy atom. The largest absolute Gasteiger partial charge is 0.459 e. The third kappa shape index (κ3) is 5.89. The molecule has 0 bridgehead atoms. The number of hydrogen-bond acceptors (Lipinski definition) is 5. The van der Waals surface area contributed by atoms with Crippen LogP contribution in [0, 0.1) is 11.6 Å². The minimum absolute atomic E-state index is 0.146. The third-order valence-electron chi connectivity index (χ3n) is 4.78. The van der Waals surface area contributed by atoms with E-state index >= 15 is 0 Å². The molecule has 4 rings (SSSR count).